The lowest BCUT2D eigenvalue weighted by atomic mass is 9.33. The normalized spacial score (nSPS) is 39.5. The van der Waals surface area contributed by atoms with Crippen molar-refractivity contribution < 1.29 is 19.8 Å². The molecule has 0 heterocycles. The van der Waals surface area contributed by atoms with Crippen LogP contribution in [0.1, 0.15) is 78.1 Å². The van der Waals surface area contributed by atoms with Crippen molar-refractivity contribution in [2.45, 2.75) is 84.2 Å². The Kier molecular flexibility index (Phi) is 5.51. The van der Waals surface area contributed by atoms with Crippen LogP contribution in [0.3, 0.4) is 0 Å². The molecule has 3 unspecified atom stereocenters. The Morgan fingerprint density at radius 1 is 0.893 bits per heavy atom. The van der Waals surface area contributed by atoms with Crippen LogP contribution in [0, 0.1) is 41.9 Å². The fourth-order valence-corrected chi connectivity index (χ4v) is 7.94. The fourth-order valence-electron chi connectivity index (χ4n) is 7.94. The molecule has 28 heavy (non-hydrogen) atoms. The first-order chi connectivity index (χ1) is 13.1. The van der Waals surface area contributed by atoms with Gasteiger partial charge in [-0.3, -0.25) is 0 Å². The highest BCUT2D eigenvalue weighted by Gasteiger charge is 2.66. The molecule has 9 nitrogen and oxygen atoms in total. The lowest BCUT2D eigenvalue weighted by molar-refractivity contribution is -0.790. The van der Waals surface area contributed by atoms with Gasteiger partial charge in [-0.2, -0.15) is 0 Å². The van der Waals surface area contributed by atoms with E-state index >= 15 is 0 Å². The van der Waals surface area contributed by atoms with Crippen LogP contribution in [0.25, 0.3) is 0 Å². The zero-order chi connectivity index (χ0) is 20.6. The molecular formula is C19H33N3O6. The first kappa shape index (κ1) is 21.1. The highest BCUT2D eigenvalue weighted by molar-refractivity contribution is 5.17. The summed E-state index contributed by atoms with van der Waals surface area (Å²) in [4.78, 5) is 30.9. The van der Waals surface area contributed by atoms with Crippen LogP contribution in [-0.4, -0.2) is 29.4 Å². The van der Waals surface area contributed by atoms with Gasteiger partial charge in [0.1, 0.15) is 12.7 Å². The van der Waals surface area contributed by atoms with Crippen LogP contribution >= 0.6 is 0 Å². The number of rotatable bonds is 11. The van der Waals surface area contributed by atoms with E-state index in [-0.39, 0.29) is 21.7 Å². The molecule has 0 aromatic carbocycles. The quantitative estimate of drug-likeness (QED) is 0.414. The summed E-state index contributed by atoms with van der Waals surface area (Å²) < 4.78 is 0. The maximum absolute atomic E-state index is 11.0. The van der Waals surface area contributed by atoms with E-state index in [1.807, 2.05) is 0 Å². The predicted molar refractivity (Wildman–Crippen MR) is 101 cm³/mol. The Balaban J connectivity index is 1.91. The molecule has 4 bridgehead atoms. The van der Waals surface area contributed by atoms with Gasteiger partial charge in [0.05, 0.1) is 0 Å². The Labute approximate surface area is 165 Å². The first-order valence-electron chi connectivity index (χ1n) is 10.4. The average Bonchev–Trinajstić information content (AvgIpc) is 2.58. The van der Waals surface area contributed by atoms with E-state index in [4.69, 9.17) is 10.6 Å². The van der Waals surface area contributed by atoms with E-state index < -0.39 is 22.9 Å². The van der Waals surface area contributed by atoms with Crippen molar-refractivity contribution in [1.82, 2.24) is 0 Å². The van der Waals surface area contributed by atoms with Gasteiger partial charge in [-0.25, -0.2) is 0 Å². The smallest absolute Gasteiger partial charge is 0.294 e. The van der Waals surface area contributed by atoms with Gasteiger partial charge in [-0.1, -0.05) is 26.7 Å². The second kappa shape index (κ2) is 7.31. The molecule has 4 fully saturated rings. The van der Waals surface area contributed by atoms with Gasteiger partial charge in [0.15, 0.2) is 0 Å². The molecule has 160 valence electrons. The molecule has 4 saturated carbocycles. The molecule has 0 spiro atoms. The number of hydrogen-bond acceptors (Lipinski definition) is 7. The summed E-state index contributed by atoms with van der Waals surface area (Å²) in [6.07, 6.45) is 9.26. The molecule has 0 aromatic rings. The topological polar surface area (TPSA) is 131 Å². The molecule has 3 atom stereocenters. The first-order valence-corrected chi connectivity index (χ1v) is 10.4. The van der Waals surface area contributed by atoms with E-state index in [9.17, 15) is 20.2 Å². The Hall–Kier alpha value is -1.64. The molecule has 0 amide bonds. The highest BCUT2D eigenvalue weighted by Crippen LogP contribution is 2.76. The zero-order valence-electron chi connectivity index (χ0n) is 17.0. The third kappa shape index (κ3) is 3.90. The lowest BCUT2D eigenvalue weighted by Crippen LogP contribution is -2.62. The zero-order valence-corrected chi connectivity index (χ0v) is 17.0. The molecule has 4 aliphatic carbocycles. The van der Waals surface area contributed by atoms with Gasteiger partial charge in [0.2, 0.25) is 0 Å². The Morgan fingerprint density at radius 2 is 1.39 bits per heavy atom. The van der Waals surface area contributed by atoms with Crippen molar-refractivity contribution in [3.05, 3.63) is 20.2 Å². The number of nitrogens with two attached hydrogens (primary N) is 1. The van der Waals surface area contributed by atoms with Crippen molar-refractivity contribution >= 4 is 0 Å². The van der Waals surface area contributed by atoms with Gasteiger partial charge in [-0.05, 0) is 79.6 Å². The third-order valence-electron chi connectivity index (χ3n) is 7.94. The van der Waals surface area contributed by atoms with Crippen LogP contribution < -0.4 is 5.73 Å². The molecule has 0 saturated heterocycles. The molecule has 0 radical (unpaired) electrons. The summed E-state index contributed by atoms with van der Waals surface area (Å²) in [6, 6.07) is 0. The molecule has 0 aromatic heterocycles. The van der Waals surface area contributed by atoms with Gasteiger partial charge >= 0.3 is 0 Å². The Morgan fingerprint density at radius 3 is 1.86 bits per heavy atom. The van der Waals surface area contributed by atoms with E-state index in [1.165, 1.54) is 19.3 Å². The van der Waals surface area contributed by atoms with Crippen molar-refractivity contribution in [2.75, 3.05) is 13.2 Å². The van der Waals surface area contributed by atoms with Crippen LogP contribution in [-0.2, 0) is 9.68 Å². The standard InChI is InChI=1S/C19H33N3O6/c1-3-16-9-17(4-2)11-18(10-16,5-6-20)14-19(12-16,13-17)7-15(28-22(25)26)8-27-21(23)24/h15H,3-14,20H2,1-2H3. The summed E-state index contributed by atoms with van der Waals surface area (Å²) in [7, 11) is 0. The van der Waals surface area contributed by atoms with Crippen molar-refractivity contribution in [3.63, 3.8) is 0 Å². The highest BCUT2D eigenvalue weighted by atomic mass is 17.0. The summed E-state index contributed by atoms with van der Waals surface area (Å²) in [5, 5.41) is 19.9. The molecule has 0 aliphatic heterocycles. The minimum Gasteiger partial charge on any atom is -0.330 e. The molecule has 9 heteroatoms. The summed E-state index contributed by atoms with van der Waals surface area (Å²) >= 11 is 0. The average molecular weight is 399 g/mol. The SMILES string of the molecule is CCC12CC3(CC)CC(CCN)(C1)CC(CC(CO[N+](=O)[O-])O[N+](=O)[O-])(C2)C3. The lowest BCUT2D eigenvalue weighted by Gasteiger charge is -2.71. The van der Waals surface area contributed by atoms with E-state index in [2.05, 4.69) is 18.7 Å². The van der Waals surface area contributed by atoms with Gasteiger partial charge in [0.25, 0.3) is 10.2 Å². The van der Waals surface area contributed by atoms with Crippen LogP contribution in [0.2, 0.25) is 0 Å². The minimum absolute atomic E-state index is 0.101. The second-order valence-electron chi connectivity index (χ2n) is 9.98. The summed E-state index contributed by atoms with van der Waals surface area (Å²) in [6.45, 7) is 4.75. The maximum Gasteiger partial charge on any atom is 0.294 e. The van der Waals surface area contributed by atoms with E-state index in [1.54, 1.807) is 0 Å². The molecular weight excluding hydrogens is 366 g/mol. The van der Waals surface area contributed by atoms with Crippen LogP contribution in [0.15, 0.2) is 0 Å². The maximum atomic E-state index is 11.0. The second-order valence-corrected chi connectivity index (χ2v) is 9.98. The molecule has 4 rings (SSSR count). The fraction of sp³-hybridized carbons (Fsp3) is 1.00. The van der Waals surface area contributed by atoms with E-state index in [0.717, 1.165) is 38.5 Å². The minimum atomic E-state index is -0.922. The number of nitrogens with zero attached hydrogens (tertiary/aromatic N) is 2. The summed E-state index contributed by atoms with van der Waals surface area (Å²) in [5.74, 6) is 0. The molecule has 4 aliphatic rings. The van der Waals surface area contributed by atoms with Crippen molar-refractivity contribution in [2.24, 2.45) is 27.4 Å². The van der Waals surface area contributed by atoms with Gasteiger partial charge in [0, 0.05) is 0 Å². The summed E-state index contributed by atoms with van der Waals surface area (Å²) in [5.41, 5.74) is 6.56. The molecule has 2 N–H and O–H groups in total. The van der Waals surface area contributed by atoms with Gasteiger partial charge < -0.3 is 15.4 Å². The number of hydrogen-bond donors (Lipinski definition) is 1. The predicted octanol–water partition coefficient (Wildman–Crippen LogP) is 3.66. The largest absolute Gasteiger partial charge is 0.330 e. The van der Waals surface area contributed by atoms with E-state index in [0.29, 0.717) is 13.0 Å². The monoisotopic (exact) mass is 399 g/mol. The van der Waals surface area contributed by atoms with Crippen molar-refractivity contribution in [3.8, 4) is 0 Å². The van der Waals surface area contributed by atoms with Crippen molar-refractivity contribution in [1.29, 1.82) is 0 Å². The van der Waals surface area contributed by atoms with Crippen LogP contribution in [0.4, 0.5) is 0 Å². The van der Waals surface area contributed by atoms with Crippen LogP contribution in [0.5, 0.6) is 0 Å². The third-order valence-corrected chi connectivity index (χ3v) is 7.94. The Bertz CT molecular complexity index is 607. The van der Waals surface area contributed by atoms with Gasteiger partial charge in [-0.15, -0.1) is 20.2 Å².